The van der Waals surface area contributed by atoms with Crippen molar-refractivity contribution in [2.45, 2.75) is 13.1 Å². The summed E-state index contributed by atoms with van der Waals surface area (Å²) in [5, 5.41) is 2.66. The van der Waals surface area contributed by atoms with Crippen molar-refractivity contribution in [3.8, 4) is 0 Å². The Labute approximate surface area is 88.9 Å². The monoisotopic (exact) mass is 203 g/mol. The number of amides is 1. The van der Waals surface area contributed by atoms with Crippen molar-refractivity contribution in [1.29, 1.82) is 0 Å². The van der Waals surface area contributed by atoms with Gasteiger partial charge in [0.2, 0.25) is 0 Å². The van der Waals surface area contributed by atoms with Gasteiger partial charge in [0.1, 0.15) is 0 Å². The molecule has 0 heterocycles. The van der Waals surface area contributed by atoms with Crippen molar-refractivity contribution in [3.05, 3.63) is 46.8 Å². The van der Waals surface area contributed by atoms with Gasteiger partial charge in [0.15, 0.2) is 0 Å². The summed E-state index contributed by atoms with van der Waals surface area (Å²) in [4.78, 5) is 14.0. The molecule has 3 N–H and O–H groups in total. The summed E-state index contributed by atoms with van der Waals surface area (Å²) in [5.74, 6) is -0.247. The van der Waals surface area contributed by atoms with E-state index < -0.39 is 0 Å². The zero-order valence-corrected chi connectivity index (χ0v) is 8.36. The van der Waals surface area contributed by atoms with Gasteiger partial charge in [-0.05, 0) is 11.1 Å². The quantitative estimate of drug-likeness (QED) is 0.707. The minimum Gasteiger partial charge on any atom is -0.346 e. The van der Waals surface area contributed by atoms with E-state index in [4.69, 9.17) is 12.3 Å². The van der Waals surface area contributed by atoms with Crippen LogP contribution >= 0.6 is 0 Å². The Morgan fingerprint density at radius 1 is 1.47 bits per heavy atom. The van der Waals surface area contributed by atoms with Crippen LogP contribution in [-0.2, 0) is 17.9 Å². The molecular formula is C11H13N3O. The van der Waals surface area contributed by atoms with Gasteiger partial charge in [-0.25, -0.2) is 6.57 Å². The topological polar surface area (TPSA) is 59.5 Å². The largest absolute Gasteiger partial charge is 0.346 e. The predicted octanol–water partition coefficient (Wildman–Crippen LogP) is 0.681. The molecule has 1 amide bonds. The molecule has 0 bridgehead atoms. The molecule has 0 saturated heterocycles. The van der Waals surface area contributed by atoms with Crippen LogP contribution in [0.4, 0.5) is 0 Å². The molecule has 0 aliphatic heterocycles. The van der Waals surface area contributed by atoms with E-state index in [1.165, 1.54) is 0 Å². The number of nitrogens with zero attached hydrogens (tertiary/aromatic N) is 1. The first kappa shape index (κ1) is 11.2. The van der Waals surface area contributed by atoms with Crippen molar-refractivity contribution in [1.82, 2.24) is 5.32 Å². The molecule has 4 nitrogen and oxygen atoms in total. The molecular weight excluding hydrogens is 190 g/mol. The molecule has 0 fully saturated rings. The maximum atomic E-state index is 11.0. The van der Waals surface area contributed by atoms with E-state index >= 15 is 0 Å². The standard InChI is InChI=1S/C11H13N3O/c1-13-8-11(15)14-7-10-4-2-3-9(5-10)6-12/h2-5H,6-8,12H2,(H,14,15). The fraction of sp³-hybridized carbons (Fsp3) is 0.273. The van der Waals surface area contributed by atoms with Gasteiger partial charge >= 0.3 is 0 Å². The smallest absolute Gasteiger partial charge is 0.300 e. The van der Waals surface area contributed by atoms with Gasteiger partial charge in [0, 0.05) is 13.1 Å². The van der Waals surface area contributed by atoms with Crippen molar-refractivity contribution in [3.63, 3.8) is 0 Å². The summed E-state index contributed by atoms with van der Waals surface area (Å²) in [6.07, 6.45) is 0. The van der Waals surface area contributed by atoms with Crippen LogP contribution < -0.4 is 11.1 Å². The van der Waals surface area contributed by atoms with E-state index in [9.17, 15) is 4.79 Å². The fourth-order valence-corrected chi connectivity index (χ4v) is 1.19. The van der Waals surface area contributed by atoms with E-state index in [2.05, 4.69) is 10.2 Å². The number of hydrogen-bond donors (Lipinski definition) is 2. The maximum absolute atomic E-state index is 11.0. The minimum absolute atomic E-state index is 0.115. The molecule has 0 atom stereocenters. The number of rotatable bonds is 4. The Kier molecular flexibility index (Phi) is 4.32. The van der Waals surface area contributed by atoms with E-state index in [-0.39, 0.29) is 12.5 Å². The van der Waals surface area contributed by atoms with E-state index in [1.807, 2.05) is 24.3 Å². The predicted molar refractivity (Wildman–Crippen MR) is 57.6 cm³/mol. The normalized spacial score (nSPS) is 9.33. The third-order valence-corrected chi connectivity index (χ3v) is 1.94. The van der Waals surface area contributed by atoms with E-state index in [0.717, 1.165) is 11.1 Å². The number of nitrogens with two attached hydrogens (primary N) is 1. The molecule has 0 unspecified atom stereocenters. The number of hydrogen-bond acceptors (Lipinski definition) is 2. The number of benzene rings is 1. The Balaban J connectivity index is 2.51. The summed E-state index contributed by atoms with van der Waals surface area (Å²) >= 11 is 0. The summed E-state index contributed by atoms with van der Waals surface area (Å²) in [5.41, 5.74) is 7.53. The van der Waals surface area contributed by atoms with Gasteiger partial charge in [-0.3, -0.25) is 4.79 Å². The highest BCUT2D eigenvalue weighted by Gasteiger charge is 2.02. The van der Waals surface area contributed by atoms with Crippen LogP contribution in [0, 0.1) is 6.57 Å². The molecule has 4 heteroatoms. The second-order valence-corrected chi connectivity index (χ2v) is 3.12. The summed E-state index contributed by atoms with van der Waals surface area (Å²) in [7, 11) is 0. The molecule has 0 aliphatic carbocycles. The minimum atomic E-state index is -0.247. The van der Waals surface area contributed by atoms with Gasteiger partial charge in [-0.1, -0.05) is 24.3 Å². The first-order valence-electron chi connectivity index (χ1n) is 4.64. The third kappa shape index (κ3) is 3.79. The molecule has 1 aromatic carbocycles. The fourth-order valence-electron chi connectivity index (χ4n) is 1.19. The first-order valence-corrected chi connectivity index (χ1v) is 4.64. The van der Waals surface area contributed by atoms with Gasteiger partial charge < -0.3 is 15.9 Å². The van der Waals surface area contributed by atoms with E-state index in [0.29, 0.717) is 13.1 Å². The highest BCUT2D eigenvalue weighted by Crippen LogP contribution is 2.03. The molecule has 0 spiro atoms. The second-order valence-electron chi connectivity index (χ2n) is 3.12. The average Bonchev–Trinajstić information content (AvgIpc) is 2.27. The number of carbonyl (C=O) groups is 1. The van der Waals surface area contributed by atoms with Crippen molar-refractivity contribution >= 4 is 5.91 Å². The Morgan fingerprint density at radius 2 is 2.20 bits per heavy atom. The second kappa shape index (κ2) is 5.78. The van der Waals surface area contributed by atoms with Crippen molar-refractivity contribution in [2.24, 2.45) is 5.73 Å². The number of carbonyl (C=O) groups excluding carboxylic acids is 1. The van der Waals surface area contributed by atoms with Gasteiger partial charge in [0.25, 0.3) is 12.5 Å². The van der Waals surface area contributed by atoms with Gasteiger partial charge in [-0.15, -0.1) is 0 Å². The lowest BCUT2D eigenvalue weighted by atomic mass is 10.1. The maximum Gasteiger partial charge on any atom is 0.300 e. The average molecular weight is 203 g/mol. The van der Waals surface area contributed by atoms with Crippen LogP contribution in [0.3, 0.4) is 0 Å². The molecule has 0 saturated carbocycles. The van der Waals surface area contributed by atoms with E-state index in [1.54, 1.807) is 0 Å². The van der Waals surface area contributed by atoms with Crippen LogP contribution in [0.25, 0.3) is 4.85 Å². The highest BCUT2D eigenvalue weighted by atomic mass is 16.1. The lowest BCUT2D eigenvalue weighted by Crippen LogP contribution is -2.24. The Bertz CT molecular complexity index is 382. The molecule has 15 heavy (non-hydrogen) atoms. The first-order chi connectivity index (χ1) is 7.26. The highest BCUT2D eigenvalue weighted by molar-refractivity contribution is 5.79. The SMILES string of the molecule is [C-]#[N+]CC(=O)NCc1cccc(CN)c1. The molecule has 1 rings (SSSR count). The molecule has 1 aromatic rings. The Hall–Kier alpha value is -1.86. The summed E-state index contributed by atoms with van der Waals surface area (Å²) in [6.45, 7) is 7.35. The van der Waals surface area contributed by atoms with Crippen molar-refractivity contribution in [2.75, 3.05) is 6.54 Å². The molecule has 0 aliphatic rings. The molecule has 0 aromatic heterocycles. The van der Waals surface area contributed by atoms with Gasteiger partial charge in [0.05, 0.1) is 0 Å². The Morgan fingerprint density at radius 3 is 2.87 bits per heavy atom. The van der Waals surface area contributed by atoms with Gasteiger partial charge in [-0.2, -0.15) is 0 Å². The lowest BCUT2D eigenvalue weighted by Gasteiger charge is -2.03. The van der Waals surface area contributed by atoms with Crippen molar-refractivity contribution < 1.29 is 4.79 Å². The van der Waals surface area contributed by atoms with Crippen LogP contribution in [0.15, 0.2) is 24.3 Å². The van der Waals surface area contributed by atoms with Crippen LogP contribution in [0.2, 0.25) is 0 Å². The summed E-state index contributed by atoms with van der Waals surface area (Å²) in [6, 6.07) is 7.69. The molecule has 0 radical (unpaired) electrons. The third-order valence-electron chi connectivity index (χ3n) is 1.94. The van der Waals surface area contributed by atoms with Crippen LogP contribution in [0.1, 0.15) is 11.1 Å². The summed E-state index contributed by atoms with van der Waals surface area (Å²) < 4.78 is 0. The van der Waals surface area contributed by atoms with Crippen LogP contribution in [-0.4, -0.2) is 12.5 Å². The molecule has 78 valence electrons. The zero-order valence-electron chi connectivity index (χ0n) is 8.36. The number of nitrogens with one attached hydrogen (secondary N) is 1. The zero-order chi connectivity index (χ0) is 11.1. The van der Waals surface area contributed by atoms with Crippen LogP contribution in [0.5, 0.6) is 0 Å². The lowest BCUT2D eigenvalue weighted by molar-refractivity contribution is -0.119.